The molecule has 0 aliphatic carbocycles. The molecule has 2 rings (SSSR count). The second-order valence-corrected chi connectivity index (χ2v) is 3.92. The van der Waals surface area contributed by atoms with E-state index in [0.717, 1.165) is 26.1 Å². The van der Waals surface area contributed by atoms with E-state index in [1.807, 2.05) is 0 Å². The van der Waals surface area contributed by atoms with E-state index in [2.05, 4.69) is 16.0 Å². The van der Waals surface area contributed by atoms with Gasteiger partial charge in [-0.25, -0.2) is 0 Å². The molecular formula is C9H18ClN3O2. The molecule has 0 aromatic heterocycles. The summed E-state index contributed by atoms with van der Waals surface area (Å²) in [5.41, 5.74) is 0. The average molecular weight is 236 g/mol. The Balaban J connectivity index is 0.00000112. The lowest BCUT2D eigenvalue weighted by molar-refractivity contribution is -0.124. The molecule has 0 spiro atoms. The maximum Gasteiger partial charge on any atom is 0.237 e. The molecule has 2 aliphatic heterocycles. The fourth-order valence-corrected chi connectivity index (χ4v) is 1.78. The zero-order valence-electron chi connectivity index (χ0n) is 8.79. The van der Waals surface area contributed by atoms with Gasteiger partial charge in [0, 0.05) is 26.7 Å². The molecular weight excluding hydrogens is 218 g/mol. The summed E-state index contributed by atoms with van der Waals surface area (Å²) in [6.07, 6.45) is 0.966. The summed E-state index contributed by atoms with van der Waals surface area (Å²) >= 11 is 0. The zero-order chi connectivity index (χ0) is 9.97. The van der Waals surface area contributed by atoms with Crippen LogP contribution in [0.5, 0.6) is 0 Å². The smallest absolute Gasteiger partial charge is 0.237 e. The highest BCUT2D eigenvalue weighted by molar-refractivity contribution is 5.85. The lowest BCUT2D eigenvalue weighted by atomic mass is 10.1. The van der Waals surface area contributed by atoms with Crippen LogP contribution in [0.2, 0.25) is 0 Å². The van der Waals surface area contributed by atoms with Gasteiger partial charge in [0.05, 0.1) is 18.2 Å². The molecule has 0 saturated carbocycles. The SMILES string of the molecule is COC1CNC(C(=O)NC2CNC2)C1.Cl. The van der Waals surface area contributed by atoms with Crippen LogP contribution in [0, 0.1) is 0 Å². The van der Waals surface area contributed by atoms with Gasteiger partial charge in [0.15, 0.2) is 0 Å². The number of hydrogen-bond acceptors (Lipinski definition) is 4. The predicted octanol–water partition coefficient (Wildman–Crippen LogP) is -1.13. The molecule has 0 aromatic carbocycles. The fourth-order valence-electron chi connectivity index (χ4n) is 1.78. The molecule has 2 aliphatic rings. The predicted molar refractivity (Wildman–Crippen MR) is 59.3 cm³/mol. The quantitative estimate of drug-likeness (QED) is 0.580. The van der Waals surface area contributed by atoms with Gasteiger partial charge in [-0.15, -0.1) is 12.4 Å². The monoisotopic (exact) mass is 235 g/mol. The van der Waals surface area contributed by atoms with E-state index in [9.17, 15) is 4.79 Å². The lowest BCUT2D eigenvalue weighted by Gasteiger charge is -2.29. The molecule has 15 heavy (non-hydrogen) atoms. The Morgan fingerprint density at radius 3 is 2.60 bits per heavy atom. The number of amides is 1. The van der Waals surface area contributed by atoms with E-state index in [1.54, 1.807) is 7.11 Å². The Hall–Kier alpha value is -0.360. The first-order valence-electron chi connectivity index (χ1n) is 5.07. The standard InChI is InChI=1S/C9H17N3O2.ClH/c1-14-7-2-8(11-5-7)9(13)12-6-3-10-4-6;/h6-8,10-11H,2-5H2,1H3,(H,12,13);1H. The number of carbonyl (C=O) groups excluding carboxylic acids is 1. The third-order valence-electron chi connectivity index (χ3n) is 2.87. The van der Waals surface area contributed by atoms with E-state index in [-0.39, 0.29) is 30.5 Å². The zero-order valence-corrected chi connectivity index (χ0v) is 9.60. The van der Waals surface area contributed by atoms with Crippen LogP contribution < -0.4 is 16.0 Å². The van der Waals surface area contributed by atoms with Crippen molar-refractivity contribution in [3.05, 3.63) is 0 Å². The molecule has 2 fully saturated rings. The maximum absolute atomic E-state index is 11.7. The summed E-state index contributed by atoms with van der Waals surface area (Å²) in [5.74, 6) is 0.107. The van der Waals surface area contributed by atoms with Gasteiger partial charge in [-0.05, 0) is 6.42 Å². The van der Waals surface area contributed by atoms with Crippen LogP contribution in [0.4, 0.5) is 0 Å². The summed E-state index contributed by atoms with van der Waals surface area (Å²) < 4.78 is 5.18. The van der Waals surface area contributed by atoms with Crippen molar-refractivity contribution in [3.63, 3.8) is 0 Å². The number of rotatable bonds is 3. The Morgan fingerprint density at radius 2 is 2.13 bits per heavy atom. The third-order valence-corrected chi connectivity index (χ3v) is 2.87. The molecule has 6 heteroatoms. The minimum atomic E-state index is -0.0689. The number of methoxy groups -OCH3 is 1. The molecule has 2 unspecified atom stereocenters. The van der Waals surface area contributed by atoms with E-state index in [1.165, 1.54) is 0 Å². The van der Waals surface area contributed by atoms with E-state index < -0.39 is 0 Å². The van der Waals surface area contributed by atoms with Crippen molar-refractivity contribution < 1.29 is 9.53 Å². The number of hydrogen-bond donors (Lipinski definition) is 3. The Kier molecular flexibility index (Phi) is 4.79. The number of nitrogens with one attached hydrogen (secondary N) is 3. The molecule has 1 amide bonds. The Bertz CT molecular complexity index is 223. The van der Waals surface area contributed by atoms with Crippen LogP contribution in [-0.4, -0.2) is 50.8 Å². The normalized spacial score (nSPS) is 30.5. The van der Waals surface area contributed by atoms with Crippen LogP contribution in [0.15, 0.2) is 0 Å². The summed E-state index contributed by atoms with van der Waals surface area (Å²) in [6.45, 7) is 2.57. The van der Waals surface area contributed by atoms with E-state index in [0.29, 0.717) is 6.04 Å². The van der Waals surface area contributed by atoms with Crippen LogP contribution >= 0.6 is 12.4 Å². The minimum absolute atomic E-state index is 0. The van der Waals surface area contributed by atoms with Crippen molar-refractivity contribution in [3.8, 4) is 0 Å². The summed E-state index contributed by atoms with van der Waals surface area (Å²) in [6, 6.07) is 0.256. The van der Waals surface area contributed by atoms with Gasteiger partial charge >= 0.3 is 0 Å². The molecule has 0 radical (unpaired) electrons. The van der Waals surface area contributed by atoms with E-state index in [4.69, 9.17) is 4.74 Å². The summed E-state index contributed by atoms with van der Waals surface area (Å²) in [5, 5.41) is 9.25. The van der Waals surface area contributed by atoms with Crippen molar-refractivity contribution in [1.82, 2.24) is 16.0 Å². The van der Waals surface area contributed by atoms with Crippen molar-refractivity contribution in [1.29, 1.82) is 0 Å². The van der Waals surface area contributed by atoms with Crippen molar-refractivity contribution in [2.45, 2.75) is 24.6 Å². The first-order valence-corrected chi connectivity index (χ1v) is 5.07. The van der Waals surface area contributed by atoms with Crippen LogP contribution in [0.3, 0.4) is 0 Å². The van der Waals surface area contributed by atoms with E-state index >= 15 is 0 Å². The lowest BCUT2D eigenvalue weighted by Crippen LogP contribution is -2.59. The molecule has 2 saturated heterocycles. The topological polar surface area (TPSA) is 62.4 Å². The molecule has 5 nitrogen and oxygen atoms in total. The third kappa shape index (κ3) is 3.04. The number of ether oxygens (including phenoxy) is 1. The van der Waals surface area contributed by atoms with Crippen molar-refractivity contribution >= 4 is 18.3 Å². The highest BCUT2D eigenvalue weighted by atomic mass is 35.5. The van der Waals surface area contributed by atoms with Gasteiger partial charge < -0.3 is 20.7 Å². The maximum atomic E-state index is 11.7. The summed E-state index contributed by atoms with van der Waals surface area (Å²) in [7, 11) is 1.68. The number of carbonyl (C=O) groups is 1. The second kappa shape index (κ2) is 5.65. The fraction of sp³-hybridized carbons (Fsp3) is 0.889. The first kappa shape index (κ1) is 12.7. The number of halogens is 1. The van der Waals surface area contributed by atoms with Gasteiger partial charge in [0.1, 0.15) is 0 Å². The molecule has 88 valence electrons. The van der Waals surface area contributed by atoms with Crippen molar-refractivity contribution in [2.75, 3.05) is 26.7 Å². The van der Waals surface area contributed by atoms with Gasteiger partial charge in [-0.2, -0.15) is 0 Å². The van der Waals surface area contributed by atoms with Gasteiger partial charge in [-0.3, -0.25) is 4.79 Å². The highest BCUT2D eigenvalue weighted by Crippen LogP contribution is 2.09. The Morgan fingerprint density at radius 1 is 1.40 bits per heavy atom. The second-order valence-electron chi connectivity index (χ2n) is 3.92. The van der Waals surface area contributed by atoms with Gasteiger partial charge in [0.2, 0.25) is 5.91 Å². The van der Waals surface area contributed by atoms with Gasteiger partial charge in [-0.1, -0.05) is 0 Å². The Labute approximate surface area is 95.7 Å². The highest BCUT2D eigenvalue weighted by Gasteiger charge is 2.31. The van der Waals surface area contributed by atoms with Crippen LogP contribution in [0.1, 0.15) is 6.42 Å². The largest absolute Gasteiger partial charge is 0.380 e. The molecule has 3 N–H and O–H groups in total. The average Bonchev–Trinajstić information content (AvgIpc) is 2.59. The minimum Gasteiger partial charge on any atom is -0.380 e. The molecule has 2 heterocycles. The van der Waals surface area contributed by atoms with Crippen LogP contribution in [0.25, 0.3) is 0 Å². The van der Waals surface area contributed by atoms with Crippen LogP contribution in [-0.2, 0) is 9.53 Å². The molecule has 2 atom stereocenters. The molecule has 0 bridgehead atoms. The molecule has 0 aromatic rings. The summed E-state index contributed by atoms with van der Waals surface area (Å²) in [4.78, 5) is 11.7. The van der Waals surface area contributed by atoms with Crippen molar-refractivity contribution in [2.24, 2.45) is 0 Å². The van der Waals surface area contributed by atoms with Gasteiger partial charge in [0.25, 0.3) is 0 Å². The first-order chi connectivity index (χ1) is 6.79.